The molecule has 0 saturated heterocycles. The summed E-state index contributed by atoms with van der Waals surface area (Å²) in [5, 5.41) is 3.35. The summed E-state index contributed by atoms with van der Waals surface area (Å²) in [6, 6.07) is 6.17. The Kier molecular flexibility index (Phi) is 3.77. The fourth-order valence-corrected chi connectivity index (χ4v) is 1.37. The van der Waals surface area contributed by atoms with Gasteiger partial charge in [-0.15, -0.1) is 0 Å². The Bertz CT molecular complexity index is 299. The molecule has 1 atom stereocenters. The second-order valence-electron chi connectivity index (χ2n) is 3.52. The number of rotatable bonds is 4. The summed E-state index contributed by atoms with van der Waals surface area (Å²) in [6.45, 7) is 4.78. The van der Waals surface area contributed by atoms with Crippen molar-refractivity contribution in [1.29, 1.82) is 0 Å². The monoisotopic (exact) mass is 194 g/mol. The maximum Gasteiger partial charge on any atom is 0.0661 e. The molecule has 0 saturated carbocycles. The highest BCUT2D eigenvalue weighted by molar-refractivity contribution is 5.63. The van der Waals surface area contributed by atoms with E-state index in [1.165, 1.54) is 0 Å². The number of benzene rings is 1. The average molecular weight is 194 g/mol. The molecule has 0 bridgehead atoms. The van der Waals surface area contributed by atoms with E-state index in [4.69, 9.17) is 10.5 Å². The van der Waals surface area contributed by atoms with Gasteiger partial charge in [0, 0.05) is 24.5 Å². The minimum absolute atomic E-state index is 0.292. The van der Waals surface area contributed by atoms with Gasteiger partial charge in [0.25, 0.3) is 0 Å². The van der Waals surface area contributed by atoms with Crippen molar-refractivity contribution in [1.82, 2.24) is 0 Å². The Hall–Kier alpha value is -1.22. The second kappa shape index (κ2) is 4.86. The molecule has 0 aromatic heterocycles. The van der Waals surface area contributed by atoms with Crippen molar-refractivity contribution in [3.8, 4) is 0 Å². The van der Waals surface area contributed by atoms with Crippen LogP contribution in [0.2, 0.25) is 0 Å². The molecule has 0 aliphatic heterocycles. The van der Waals surface area contributed by atoms with Crippen LogP contribution >= 0.6 is 0 Å². The highest BCUT2D eigenvalue weighted by Crippen LogP contribution is 2.20. The van der Waals surface area contributed by atoms with Crippen LogP contribution in [-0.4, -0.2) is 19.8 Å². The first kappa shape index (κ1) is 10.9. The molecule has 0 radical (unpaired) electrons. The number of hydrogen-bond donors (Lipinski definition) is 2. The Balaban J connectivity index is 2.71. The summed E-state index contributed by atoms with van der Waals surface area (Å²) in [4.78, 5) is 0. The lowest BCUT2D eigenvalue weighted by molar-refractivity contribution is 0.190. The van der Waals surface area contributed by atoms with Gasteiger partial charge in [0.2, 0.25) is 0 Å². The van der Waals surface area contributed by atoms with E-state index in [0.29, 0.717) is 12.6 Å². The molecule has 0 aliphatic rings. The van der Waals surface area contributed by atoms with E-state index in [0.717, 1.165) is 16.9 Å². The zero-order valence-electron chi connectivity index (χ0n) is 9.00. The second-order valence-corrected chi connectivity index (χ2v) is 3.52. The Morgan fingerprint density at radius 3 is 2.86 bits per heavy atom. The summed E-state index contributed by atoms with van der Waals surface area (Å²) in [5.74, 6) is 0. The van der Waals surface area contributed by atoms with Crippen molar-refractivity contribution >= 4 is 11.4 Å². The first-order valence-electron chi connectivity index (χ1n) is 4.75. The van der Waals surface area contributed by atoms with Crippen molar-refractivity contribution in [2.45, 2.75) is 19.9 Å². The van der Waals surface area contributed by atoms with Gasteiger partial charge in [-0.25, -0.2) is 0 Å². The van der Waals surface area contributed by atoms with Crippen molar-refractivity contribution in [2.24, 2.45) is 0 Å². The zero-order valence-corrected chi connectivity index (χ0v) is 9.00. The predicted octanol–water partition coefficient (Wildman–Crippen LogP) is 2.02. The minimum Gasteiger partial charge on any atom is -0.398 e. The third-order valence-corrected chi connectivity index (χ3v) is 2.19. The van der Waals surface area contributed by atoms with E-state index in [1.807, 2.05) is 25.1 Å². The van der Waals surface area contributed by atoms with E-state index < -0.39 is 0 Å². The molecule has 0 amide bonds. The van der Waals surface area contributed by atoms with Gasteiger partial charge in [0.15, 0.2) is 0 Å². The molecule has 0 spiro atoms. The lowest BCUT2D eigenvalue weighted by Crippen LogP contribution is -2.21. The van der Waals surface area contributed by atoms with Crippen molar-refractivity contribution in [3.63, 3.8) is 0 Å². The molecule has 0 aliphatic carbocycles. The standard InChI is InChI=1S/C11H18N2O/c1-8(7-14-3)13-11-6-4-5-10(12)9(11)2/h4-6,8,13H,7,12H2,1-3H3. The van der Waals surface area contributed by atoms with Gasteiger partial charge in [-0.2, -0.15) is 0 Å². The first-order chi connectivity index (χ1) is 6.65. The summed E-state index contributed by atoms with van der Waals surface area (Å²) in [5.41, 5.74) is 8.79. The molecular weight excluding hydrogens is 176 g/mol. The number of nitrogen functional groups attached to an aromatic ring is 1. The highest BCUT2D eigenvalue weighted by Gasteiger charge is 2.04. The zero-order chi connectivity index (χ0) is 10.6. The number of hydrogen-bond acceptors (Lipinski definition) is 3. The molecule has 1 aromatic rings. The molecular formula is C11H18N2O. The van der Waals surface area contributed by atoms with Crippen LogP contribution in [0, 0.1) is 6.92 Å². The SMILES string of the molecule is COCC(C)Nc1cccc(N)c1C. The fraction of sp³-hybridized carbons (Fsp3) is 0.455. The quantitative estimate of drug-likeness (QED) is 0.721. The van der Waals surface area contributed by atoms with Gasteiger partial charge < -0.3 is 15.8 Å². The Labute approximate surface area is 85.3 Å². The minimum atomic E-state index is 0.292. The maximum atomic E-state index is 5.80. The number of nitrogens with two attached hydrogens (primary N) is 1. The van der Waals surface area contributed by atoms with Gasteiger partial charge >= 0.3 is 0 Å². The van der Waals surface area contributed by atoms with Gasteiger partial charge in [0.05, 0.1) is 6.61 Å². The van der Waals surface area contributed by atoms with E-state index in [-0.39, 0.29) is 0 Å². The normalized spacial score (nSPS) is 12.5. The topological polar surface area (TPSA) is 47.3 Å². The van der Waals surface area contributed by atoms with Crippen LogP contribution in [-0.2, 0) is 4.74 Å². The summed E-state index contributed by atoms with van der Waals surface area (Å²) in [7, 11) is 1.70. The molecule has 3 heteroatoms. The predicted molar refractivity (Wildman–Crippen MR) is 60.6 cm³/mol. The van der Waals surface area contributed by atoms with Crippen LogP contribution in [0.5, 0.6) is 0 Å². The highest BCUT2D eigenvalue weighted by atomic mass is 16.5. The summed E-state index contributed by atoms with van der Waals surface area (Å²) < 4.78 is 5.05. The molecule has 3 nitrogen and oxygen atoms in total. The van der Waals surface area contributed by atoms with Gasteiger partial charge in [0.1, 0.15) is 0 Å². The Morgan fingerprint density at radius 1 is 1.50 bits per heavy atom. The molecule has 0 fully saturated rings. The molecule has 78 valence electrons. The molecule has 14 heavy (non-hydrogen) atoms. The summed E-state index contributed by atoms with van der Waals surface area (Å²) in [6.07, 6.45) is 0. The molecule has 0 heterocycles. The van der Waals surface area contributed by atoms with Crippen molar-refractivity contribution in [2.75, 3.05) is 24.8 Å². The van der Waals surface area contributed by atoms with Crippen LogP contribution in [0.4, 0.5) is 11.4 Å². The largest absolute Gasteiger partial charge is 0.398 e. The number of ether oxygens (including phenoxy) is 1. The Morgan fingerprint density at radius 2 is 2.21 bits per heavy atom. The van der Waals surface area contributed by atoms with Gasteiger partial charge in [-0.05, 0) is 31.5 Å². The third-order valence-electron chi connectivity index (χ3n) is 2.19. The van der Waals surface area contributed by atoms with E-state index >= 15 is 0 Å². The van der Waals surface area contributed by atoms with E-state index in [2.05, 4.69) is 12.2 Å². The number of methoxy groups -OCH3 is 1. The van der Waals surface area contributed by atoms with Crippen LogP contribution in [0.25, 0.3) is 0 Å². The van der Waals surface area contributed by atoms with Crippen molar-refractivity contribution in [3.05, 3.63) is 23.8 Å². The smallest absolute Gasteiger partial charge is 0.0661 e. The van der Waals surface area contributed by atoms with Crippen LogP contribution in [0.15, 0.2) is 18.2 Å². The molecule has 3 N–H and O–H groups in total. The number of anilines is 2. The van der Waals surface area contributed by atoms with Crippen LogP contribution in [0.3, 0.4) is 0 Å². The maximum absolute atomic E-state index is 5.80. The number of nitrogens with one attached hydrogen (secondary N) is 1. The van der Waals surface area contributed by atoms with Crippen molar-refractivity contribution < 1.29 is 4.74 Å². The van der Waals surface area contributed by atoms with E-state index in [1.54, 1.807) is 7.11 Å². The molecule has 1 unspecified atom stereocenters. The van der Waals surface area contributed by atoms with Crippen LogP contribution in [0.1, 0.15) is 12.5 Å². The van der Waals surface area contributed by atoms with Crippen LogP contribution < -0.4 is 11.1 Å². The lowest BCUT2D eigenvalue weighted by Gasteiger charge is -2.16. The first-order valence-corrected chi connectivity index (χ1v) is 4.75. The third kappa shape index (κ3) is 2.64. The molecule has 1 rings (SSSR count). The average Bonchev–Trinajstić information content (AvgIpc) is 2.13. The van der Waals surface area contributed by atoms with Gasteiger partial charge in [-0.3, -0.25) is 0 Å². The van der Waals surface area contributed by atoms with E-state index in [9.17, 15) is 0 Å². The molecule has 1 aromatic carbocycles. The van der Waals surface area contributed by atoms with Gasteiger partial charge in [-0.1, -0.05) is 6.07 Å². The fourth-order valence-electron chi connectivity index (χ4n) is 1.37. The summed E-state index contributed by atoms with van der Waals surface area (Å²) >= 11 is 0. The lowest BCUT2D eigenvalue weighted by atomic mass is 10.1.